The van der Waals surface area contributed by atoms with Gasteiger partial charge in [-0.15, -0.1) is 0 Å². The van der Waals surface area contributed by atoms with Crippen molar-refractivity contribution in [2.24, 2.45) is 0 Å². The predicted octanol–water partition coefficient (Wildman–Crippen LogP) is 4.58. The van der Waals surface area contributed by atoms with Crippen molar-refractivity contribution in [2.45, 2.75) is 20.0 Å². The Morgan fingerprint density at radius 2 is 1.52 bits per heavy atom. The molecule has 0 radical (unpaired) electrons. The first-order chi connectivity index (χ1) is 10.9. The Labute approximate surface area is 143 Å². The summed E-state index contributed by atoms with van der Waals surface area (Å²) in [5, 5.41) is 0.482. The smallest absolute Gasteiger partial charge is 0.266 e. The van der Waals surface area contributed by atoms with Gasteiger partial charge < -0.3 is 4.74 Å². The number of halogens is 2. The average molecular weight is 350 g/mol. The summed E-state index contributed by atoms with van der Waals surface area (Å²) >= 11 is 11.9. The van der Waals surface area contributed by atoms with Gasteiger partial charge in [0, 0.05) is 6.07 Å². The van der Waals surface area contributed by atoms with Crippen molar-refractivity contribution in [2.75, 3.05) is 4.90 Å². The van der Waals surface area contributed by atoms with E-state index in [0.717, 1.165) is 4.90 Å². The van der Waals surface area contributed by atoms with Gasteiger partial charge in [0.05, 0.1) is 33.0 Å². The summed E-state index contributed by atoms with van der Waals surface area (Å²) in [7, 11) is 0. The highest BCUT2D eigenvalue weighted by molar-refractivity contribution is 6.44. The van der Waals surface area contributed by atoms with Crippen LogP contribution < -0.4 is 9.64 Å². The molecule has 6 heteroatoms. The van der Waals surface area contributed by atoms with Crippen LogP contribution in [0.2, 0.25) is 10.0 Å². The number of hydrogen-bond acceptors (Lipinski definition) is 3. The number of fused-ring (bicyclic) bond motifs is 1. The second kappa shape index (κ2) is 5.87. The molecule has 4 nitrogen and oxygen atoms in total. The van der Waals surface area contributed by atoms with Gasteiger partial charge >= 0.3 is 0 Å². The van der Waals surface area contributed by atoms with Gasteiger partial charge in [-0.1, -0.05) is 29.3 Å². The summed E-state index contributed by atoms with van der Waals surface area (Å²) in [5.74, 6) is -0.263. The summed E-state index contributed by atoms with van der Waals surface area (Å²) < 4.78 is 5.61. The quantitative estimate of drug-likeness (QED) is 0.761. The fourth-order valence-corrected chi connectivity index (χ4v) is 2.76. The maximum atomic E-state index is 12.6. The first kappa shape index (κ1) is 15.8. The summed E-state index contributed by atoms with van der Waals surface area (Å²) in [6, 6.07) is 9.69. The highest BCUT2D eigenvalue weighted by Crippen LogP contribution is 2.34. The Hall–Kier alpha value is -2.04. The molecule has 0 unspecified atom stereocenters. The molecule has 0 aromatic heterocycles. The SMILES string of the molecule is CC(C)Oc1cccc(N2C(=O)c3cc(Cl)c(Cl)cc3C2=O)c1. The minimum absolute atomic E-state index is 0.00922. The monoisotopic (exact) mass is 349 g/mol. The molecule has 0 atom stereocenters. The molecule has 1 aliphatic heterocycles. The lowest BCUT2D eigenvalue weighted by Gasteiger charge is -2.16. The summed E-state index contributed by atoms with van der Waals surface area (Å²) in [6.07, 6.45) is -0.00922. The van der Waals surface area contributed by atoms with E-state index >= 15 is 0 Å². The van der Waals surface area contributed by atoms with E-state index in [4.69, 9.17) is 27.9 Å². The van der Waals surface area contributed by atoms with Gasteiger partial charge in [0.1, 0.15) is 5.75 Å². The molecule has 0 spiro atoms. The van der Waals surface area contributed by atoms with Crippen LogP contribution in [-0.2, 0) is 0 Å². The third-order valence-corrected chi connectivity index (χ3v) is 4.10. The molecule has 23 heavy (non-hydrogen) atoms. The van der Waals surface area contributed by atoms with Crippen LogP contribution in [-0.4, -0.2) is 17.9 Å². The van der Waals surface area contributed by atoms with Crippen LogP contribution in [0.5, 0.6) is 5.75 Å². The first-order valence-corrected chi connectivity index (χ1v) is 7.78. The van der Waals surface area contributed by atoms with Gasteiger partial charge in [-0.3, -0.25) is 9.59 Å². The van der Waals surface area contributed by atoms with E-state index in [1.807, 2.05) is 13.8 Å². The van der Waals surface area contributed by atoms with E-state index in [1.54, 1.807) is 24.3 Å². The van der Waals surface area contributed by atoms with Gasteiger partial charge in [0.15, 0.2) is 0 Å². The summed E-state index contributed by atoms with van der Waals surface area (Å²) in [5.41, 5.74) is 0.945. The third kappa shape index (κ3) is 2.80. The van der Waals surface area contributed by atoms with E-state index < -0.39 is 11.8 Å². The van der Waals surface area contributed by atoms with Gasteiger partial charge in [0.25, 0.3) is 11.8 Å². The molecule has 2 amide bonds. The normalized spacial score (nSPS) is 13.7. The Bertz CT molecular complexity index is 776. The molecule has 0 aliphatic carbocycles. The minimum atomic E-state index is -0.426. The van der Waals surface area contributed by atoms with Gasteiger partial charge in [-0.2, -0.15) is 0 Å². The number of nitrogens with zero attached hydrogens (tertiary/aromatic N) is 1. The Morgan fingerprint density at radius 1 is 0.957 bits per heavy atom. The lowest BCUT2D eigenvalue weighted by atomic mass is 10.1. The molecule has 0 saturated carbocycles. The van der Waals surface area contributed by atoms with Crippen LogP contribution in [0.4, 0.5) is 5.69 Å². The highest BCUT2D eigenvalue weighted by atomic mass is 35.5. The minimum Gasteiger partial charge on any atom is -0.491 e. The standard InChI is InChI=1S/C17H13Cl2NO3/c1-9(2)23-11-5-3-4-10(6-11)20-16(21)12-7-14(18)15(19)8-13(12)17(20)22/h3-9H,1-2H3. The fraction of sp³-hybridized carbons (Fsp3) is 0.176. The Kier molecular flexibility index (Phi) is 4.04. The largest absolute Gasteiger partial charge is 0.491 e. The van der Waals surface area contributed by atoms with E-state index in [0.29, 0.717) is 11.4 Å². The molecule has 0 saturated heterocycles. The number of hydrogen-bond donors (Lipinski definition) is 0. The van der Waals surface area contributed by atoms with E-state index in [-0.39, 0.29) is 27.3 Å². The van der Waals surface area contributed by atoms with Crippen LogP contribution in [0.3, 0.4) is 0 Å². The van der Waals surface area contributed by atoms with Crippen molar-refractivity contribution in [3.8, 4) is 5.75 Å². The molecule has 0 bridgehead atoms. The number of benzene rings is 2. The average Bonchev–Trinajstić information content (AvgIpc) is 2.71. The van der Waals surface area contributed by atoms with Crippen molar-refractivity contribution in [3.05, 3.63) is 57.6 Å². The number of carbonyl (C=O) groups is 2. The number of amides is 2. The molecule has 118 valence electrons. The van der Waals surface area contributed by atoms with E-state index in [1.165, 1.54) is 12.1 Å². The highest BCUT2D eigenvalue weighted by Gasteiger charge is 2.37. The van der Waals surface area contributed by atoms with Gasteiger partial charge in [0.2, 0.25) is 0 Å². The molecular formula is C17H13Cl2NO3. The molecule has 0 fully saturated rings. The number of carbonyl (C=O) groups excluding carboxylic acids is 2. The molecule has 1 heterocycles. The lowest BCUT2D eigenvalue weighted by molar-refractivity contribution is 0.0926. The Morgan fingerprint density at radius 3 is 2.04 bits per heavy atom. The zero-order valence-corrected chi connectivity index (χ0v) is 14.0. The van der Waals surface area contributed by atoms with Crippen LogP contribution in [0, 0.1) is 0 Å². The van der Waals surface area contributed by atoms with Crippen LogP contribution in [0.15, 0.2) is 36.4 Å². The fourth-order valence-electron chi connectivity index (χ4n) is 2.44. The van der Waals surface area contributed by atoms with Crippen LogP contribution in [0.1, 0.15) is 34.6 Å². The zero-order chi connectivity index (χ0) is 16.7. The number of rotatable bonds is 3. The van der Waals surface area contributed by atoms with Crippen LogP contribution in [0.25, 0.3) is 0 Å². The third-order valence-electron chi connectivity index (χ3n) is 3.38. The van der Waals surface area contributed by atoms with Crippen molar-refractivity contribution in [1.29, 1.82) is 0 Å². The second-order valence-electron chi connectivity index (χ2n) is 5.42. The van der Waals surface area contributed by atoms with Crippen LogP contribution >= 0.6 is 23.2 Å². The Balaban J connectivity index is 2.02. The maximum Gasteiger partial charge on any atom is 0.266 e. The predicted molar refractivity (Wildman–Crippen MR) is 89.8 cm³/mol. The lowest BCUT2D eigenvalue weighted by Crippen LogP contribution is -2.29. The van der Waals surface area contributed by atoms with Gasteiger partial charge in [-0.25, -0.2) is 4.90 Å². The van der Waals surface area contributed by atoms with E-state index in [2.05, 4.69) is 0 Å². The topological polar surface area (TPSA) is 46.6 Å². The molecule has 3 rings (SSSR count). The van der Waals surface area contributed by atoms with Gasteiger partial charge in [-0.05, 0) is 38.1 Å². The maximum absolute atomic E-state index is 12.6. The molecule has 1 aliphatic rings. The van der Waals surface area contributed by atoms with Crippen molar-refractivity contribution in [1.82, 2.24) is 0 Å². The number of imide groups is 1. The number of anilines is 1. The molecule has 2 aromatic rings. The summed E-state index contributed by atoms with van der Waals surface area (Å²) in [6.45, 7) is 3.80. The second-order valence-corrected chi connectivity index (χ2v) is 6.24. The molecule has 0 N–H and O–H groups in total. The number of ether oxygens (including phenoxy) is 1. The summed E-state index contributed by atoms with van der Waals surface area (Å²) in [4.78, 5) is 26.2. The van der Waals surface area contributed by atoms with Crippen molar-refractivity contribution < 1.29 is 14.3 Å². The van der Waals surface area contributed by atoms with E-state index in [9.17, 15) is 9.59 Å². The first-order valence-electron chi connectivity index (χ1n) is 7.03. The van der Waals surface area contributed by atoms with Crippen molar-refractivity contribution >= 4 is 40.7 Å². The molecule has 2 aromatic carbocycles. The van der Waals surface area contributed by atoms with Crippen molar-refractivity contribution in [3.63, 3.8) is 0 Å². The zero-order valence-electron chi connectivity index (χ0n) is 12.5. The molecular weight excluding hydrogens is 337 g/mol.